The number of amides is 2. The number of hydrogen-bond acceptors (Lipinski definition) is 4. The topological polar surface area (TPSA) is 98.2 Å². The summed E-state index contributed by atoms with van der Waals surface area (Å²) in [6.07, 6.45) is 2.16. The molecule has 6 nitrogen and oxygen atoms in total. The van der Waals surface area contributed by atoms with Crippen LogP contribution in [0, 0.1) is 6.92 Å². The van der Waals surface area contributed by atoms with Crippen molar-refractivity contribution in [3.63, 3.8) is 0 Å². The summed E-state index contributed by atoms with van der Waals surface area (Å²) in [6, 6.07) is 14.1. The fraction of sp³-hybridized carbons (Fsp3) is 0.150. The lowest BCUT2D eigenvalue weighted by Gasteiger charge is -2.04. The molecule has 2 aromatic carbocycles. The van der Waals surface area contributed by atoms with Gasteiger partial charge in [-0.2, -0.15) is 0 Å². The van der Waals surface area contributed by atoms with Crippen LogP contribution in [0.5, 0.6) is 0 Å². The average Bonchev–Trinajstić information content (AvgIpc) is 3.11. The van der Waals surface area contributed by atoms with Gasteiger partial charge in [-0.25, -0.2) is 4.98 Å². The number of hydrogen-bond donors (Lipinski definition) is 2. The molecule has 0 radical (unpaired) electrons. The van der Waals surface area contributed by atoms with E-state index in [2.05, 4.69) is 10.3 Å². The fourth-order valence-electron chi connectivity index (χ4n) is 2.44. The number of benzene rings is 2. The van der Waals surface area contributed by atoms with Crippen LogP contribution in [0.1, 0.15) is 32.0 Å². The van der Waals surface area contributed by atoms with Crippen molar-refractivity contribution < 1.29 is 14.0 Å². The molecule has 6 heteroatoms. The predicted molar refractivity (Wildman–Crippen MR) is 97.7 cm³/mol. The van der Waals surface area contributed by atoms with E-state index in [0.29, 0.717) is 30.0 Å². The molecule has 26 heavy (non-hydrogen) atoms. The normalized spacial score (nSPS) is 10.5. The van der Waals surface area contributed by atoms with Gasteiger partial charge in [0, 0.05) is 29.7 Å². The number of carbonyl (C=O) groups is 2. The van der Waals surface area contributed by atoms with Gasteiger partial charge in [0.25, 0.3) is 5.91 Å². The number of aryl methyl sites for hydroxylation is 1. The SMILES string of the molecule is Cc1ccc(-c2nc(CCNC(=O)c3ccc(C(N)=O)cc3)co2)cc1. The summed E-state index contributed by atoms with van der Waals surface area (Å²) in [7, 11) is 0. The molecule has 2 amide bonds. The Hall–Kier alpha value is -3.41. The van der Waals surface area contributed by atoms with Crippen molar-refractivity contribution >= 4 is 11.8 Å². The minimum atomic E-state index is -0.521. The van der Waals surface area contributed by atoms with E-state index in [1.165, 1.54) is 17.7 Å². The van der Waals surface area contributed by atoms with Gasteiger partial charge in [0.2, 0.25) is 11.8 Å². The molecule has 0 aliphatic carbocycles. The first-order chi connectivity index (χ1) is 12.5. The van der Waals surface area contributed by atoms with E-state index in [-0.39, 0.29) is 5.91 Å². The van der Waals surface area contributed by atoms with Crippen molar-refractivity contribution in [2.24, 2.45) is 5.73 Å². The van der Waals surface area contributed by atoms with Gasteiger partial charge in [-0.05, 0) is 43.3 Å². The Balaban J connectivity index is 1.54. The summed E-state index contributed by atoms with van der Waals surface area (Å²) in [5.41, 5.74) is 8.88. The molecule has 0 saturated heterocycles. The number of aromatic nitrogens is 1. The van der Waals surface area contributed by atoms with E-state index in [9.17, 15) is 9.59 Å². The maximum Gasteiger partial charge on any atom is 0.251 e. The lowest BCUT2D eigenvalue weighted by atomic mass is 10.1. The minimum Gasteiger partial charge on any atom is -0.444 e. The maximum atomic E-state index is 12.1. The van der Waals surface area contributed by atoms with Crippen molar-refractivity contribution in [3.05, 3.63) is 77.2 Å². The van der Waals surface area contributed by atoms with Crippen LogP contribution in [0.4, 0.5) is 0 Å². The highest BCUT2D eigenvalue weighted by molar-refractivity contribution is 5.97. The molecule has 0 spiro atoms. The number of nitrogens with two attached hydrogens (primary N) is 1. The quantitative estimate of drug-likeness (QED) is 0.715. The summed E-state index contributed by atoms with van der Waals surface area (Å²) >= 11 is 0. The van der Waals surface area contributed by atoms with Gasteiger partial charge >= 0.3 is 0 Å². The highest BCUT2D eigenvalue weighted by Crippen LogP contribution is 2.19. The Labute approximate surface area is 151 Å². The van der Waals surface area contributed by atoms with Gasteiger partial charge < -0.3 is 15.5 Å². The molecule has 0 bridgehead atoms. The second-order valence-corrected chi connectivity index (χ2v) is 5.96. The van der Waals surface area contributed by atoms with Gasteiger partial charge in [0.15, 0.2) is 0 Å². The molecule has 0 atom stereocenters. The summed E-state index contributed by atoms with van der Waals surface area (Å²) in [5, 5.41) is 2.82. The van der Waals surface area contributed by atoms with E-state index in [1.807, 2.05) is 31.2 Å². The fourth-order valence-corrected chi connectivity index (χ4v) is 2.44. The Morgan fingerprint density at radius 1 is 1.04 bits per heavy atom. The summed E-state index contributed by atoms with van der Waals surface area (Å²) < 4.78 is 5.50. The molecule has 3 rings (SSSR count). The largest absolute Gasteiger partial charge is 0.444 e. The first-order valence-corrected chi connectivity index (χ1v) is 8.22. The standard InChI is InChI=1S/C20H19N3O3/c1-13-2-4-16(5-3-13)20-23-17(12-26-20)10-11-22-19(25)15-8-6-14(7-9-15)18(21)24/h2-9,12H,10-11H2,1H3,(H2,21,24)(H,22,25). The van der Waals surface area contributed by atoms with Crippen molar-refractivity contribution in [2.75, 3.05) is 6.54 Å². The molecule has 0 saturated carbocycles. The molecule has 1 aromatic heterocycles. The van der Waals surface area contributed by atoms with E-state index in [1.54, 1.807) is 18.4 Å². The Morgan fingerprint density at radius 2 is 1.69 bits per heavy atom. The molecule has 3 aromatic rings. The van der Waals surface area contributed by atoms with Crippen LogP contribution >= 0.6 is 0 Å². The monoisotopic (exact) mass is 349 g/mol. The van der Waals surface area contributed by atoms with Gasteiger partial charge in [0.05, 0.1) is 5.69 Å². The third kappa shape index (κ3) is 4.16. The highest BCUT2D eigenvalue weighted by Gasteiger charge is 2.09. The molecule has 0 aliphatic heterocycles. The second kappa shape index (κ2) is 7.65. The predicted octanol–water partition coefficient (Wildman–Crippen LogP) is 2.72. The number of carbonyl (C=O) groups excluding carboxylic acids is 2. The second-order valence-electron chi connectivity index (χ2n) is 5.96. The summed E-state index contributed by atoms with van der Waals surface area (Å²) in [6.45, 7) is 2.45. The van der Waals surface area contributed by atoms with Crippen LogP contribution in [-0.2, 0) is 6.42 Å². The third-order valence-electron chi connectivity index (χ3n) is 3.95. The summed E-state index contributed by atoms with van der Waals surface area (Å²) in [4.78, 5) is 27.6. The summed E-state index contributed by atoms with van der Waals surface area (Å²) in [5.74, 6) is -0.177. The molecular weight excluding hydrogens is 330 g/mol. The molecule has 3 N–H and O–H groups in total. The Bertz CT molecular complexity index is 912. The van der Waals surface area contributed by atoms with Crippen molar-refractivity contribution in [1.29, 1.82) is 0 Å². The van der Waals surface area contributed by atoms with E-state index < -0.39 is 5.91 Å². The zero-order chi connectivity index (χ0) is 18.5. The van der Waals surface area contributed by atoms with E-state index >= 15 is 0 Å². The van der Waals surface area contributed by atoms with Crippen LogP contribution in [0.25, 0.3) is 11.5 Å². The van der Waals surface area contributed by atoms with Crippen LogP contribution in [-0.4, -0.2) is 23.3 Å². The smallest absolute Gasteiger partial charge is 0.251 e. The third-order valence-corrected chi connectivity index (χ3v) is 3.95. The zero-order valence-electron chi connectivity index (χ0n) is 14.4. The van der Waals surface area contributed by atoms with E-state index in [0.717, 1.165) is 11.3 Å². The van der Waals surface area contributed by atoms with Gasteiger partial charge in [-0.15, -0.1) is 0 Å². The highest BCUT2D eigenvalue weighted by atomic mass is 16.3. The van der Waals surface area contributed by atoms with Gasteiger partial charge in [0.1, 0.15) is 6.26 Å². The number of oxazole rings is 1. The van der Waals surface area contributed by atoms with Gasteiger partial charge in [-0.3, -0.25) is 9.59 Å². The number of nitrogens with one attached hydrogen (secondary N) is 1. The Kier molecular flexibility index (Phi) is 5.12. The lowest BCUT2D eigenvalue weighted by molar-refractivity contribution is 0.0951. The molecule has 1 heterocycles. The molecular formula is C20H19N3O3. The Morgan fingerprint density at radius 3 is 2.35 bits per heavy atom. The lowest BCUT2D eigenvalue weighted by Crippen LogP contribution is -2.25. The van der Waals surface area contributed by atoms with Crippen LogP contribution in [0.2, 0.25) is 0 Å². The molecule has 0 aliphatic rings. The zero-order valence-corrected chi connectivity index (χ0v) is 14.4. The van der Waals surface area contributed by atoms with Crippen molar-refractivity contribution in [3.8, 4) is 11.5 Å². The van der Waals surface area contributed by atoms with Crippen LogP contribution < -0.4 is 11.1 Å². The molecule has 132 valence electrons. The first kappa shape index (κ1) is 17.4. The average molecular weight is 349 g/mol. The van der Waals surface area contributed by atoms with E-state index in [4.69, 9.17) is 10.2 Å². The molecule has 0 fully saturated rings. The number of primary amides is 1. The number of rotatable bonds is 6. The van der Waals surface area contributed by atoms with Crippen molar-refractivity contribution in [1.82, 2.24) is 10.3 Å². The minimum absolute atomic E-state index is 0.219. The van der Waals surface area contributed by atoms with Crippen LogP contribution in [0.15, 0.2) is 59.2 Å². The molecule has 0 unspecified atom stereocenters. The van der Waals surface area contributed by atoms with Gasteiger partial charge in [-0.1, -0.05) is 17.7 Å². The first-order valence-electron chi connectivity index (χ1n) is 8.22. The maximum absolute atomic E-state index is 12.1. The van der Waals surface area contributed by atoms with Crippen molar-refractivity contribution in [2.45, 2.75) is 13.3 Å². The van der Waals surface area contributed by atoms with Crippen LogP contribution in [0.3, 0.4) is 0 Å². The number of nitrogens with zero attached hydrogens (tertiary/aromatic N) is 1.